The standard InChI is InChI=1S/C4H8O2/c1-4(6)2-3-5/h2-6H,1H3/b3-2+. The van der Waals surface area contributed by atoms with Crippen LogP contribution in [0.2, 0.25) is 0 Å². The minimum atomic E-state index is -0.532. The molecule has 0 aliphatic heterocycles. The van der Waals surface area contributed by atoms with E-state index in [0.717, 1.165) is 6.26 Å². The van der Waals surface area contributed by atoms with Crippen molar-refractivity contribution in [2.45, 2.75) is 13.0 Å². The topological polar surface area (TPSA) is 40.5 Å². The molecule has 0 aromatic carbocycles. The maximum Gasteiger partial charge on any atom is 0.0777 e. The minimum Gasteiger partial charge on any atom is -0.516 e. The van der Waals surface area contributed by atoms with E-state index >= 15 is 0 Å². The number of aliphatic hydroxyl groups excluding tert-OH is 2. The highest BCUT2D eigenvalue weighted by atomic mass is 16.3. The molecule has 2 heteroatoms. The van der Waals surface area contributed by atoms with Crippen LogP contribution in [0, 0.1) is 0 Å². The number of hydrogen-bond acceptors (Lipinski definition) is 2. The Balaban J connectivity index is 3.03. The molecule has 0 heterocycles. The molecule has 0 rings (SSSR count). The second kappa shape index (κ2) is 2.72. The Morgan fingerprint density at radius 1 is 1.67 bits per heavy atom. The van der Waals surface area contributed by atoms with E-state index < -0.39 is 6.10 Å². The fourth-order valence-corrected chi connectivity index (χ4v) is 0.125. The lowest BCUT2D eigenvalue weighted by Crippen LogP contribution is -1.90. The van der Waals surface area contributed by atoms with Crippen LogP contribution in [0.1, 0.15) is 6.92 Å². The Hall–Kier alpha value is -0.500. The van der Waals surface area contributed by atoms with Crippen LogP contribution in [0.25, 0.3) is 0 Å². The van der Waals surface area contributed by atoms with Gasteiger partial charge >= 0.3 is 0 Å². The average Bonchev–Trinajstić information content (AvgIpc) is 1.35. The van der Waals surface area contributed by atoms with Gasteiger partial charge in [-0.15, -0.1) is 0 Å². The molecular weight excluding hydrogens is 80.0 g/mol. The van der Waals surface area contributed by atoms with Gasteiger partial charge < -0.3 is 10.2 Å². The molecule has 2 N–H and O–H groups in total. The van der Waals surface area contributed by atoms with Gasteiger partial charge in [-0.2, -0.15) is 0 Å². The lowest BCUT2D eigenvalue weighted by molar-refractivity contribution is 0.240. The van der Waals surface area contributed by atoms with Crippen LogP contribution in [0.4, 0.5) is 0 Å². The normalized spacial score (nSPS) is 15.7. The summed E-state index contributed by atoms with van der Waals surface area (Å²) in [6, 6.07) is 0. The molecular formula is C4H8O2. The summed E-state index contributed by atoms with van der Waals surface area (Å²) in [5, 5.41) is 16.2. The average molecular weight is 88.1 g/mol. The highest BCUT2D eigenvalue weighted by Crippen LogP contribution is 1.76. The maximum absolute atomic E-state index is 8.31. The fourth-order valence-electron chi connectivity index (χ4n) is 0.125. The molecule has 0 radical (unpaired) electrons. The van der Waals surface area contributed by atoms with E-state index in [-0.39, 0.29) is 0 Å². The van der Waals surface area contributed by atoms with E-state index in [1.54, 1.807) is 6.92 Å². The van der Waals surface area contributed by atoms with Gasteiger partial charge in [0.25, 0.3) is 0 Å². The van der Waals surface area contributed by atoms with Crippen molar-refractivity contribution in [2.24, 2.45) is 0 Å². The fraction of sp³-hybridized carbons (Fsp3) is 0.500. The third kappa shape index (κ3) is 3.50. The molecule has 0 fully saturated rings. The summed E-state index contributed by atoms with van der Waals surface area (Å²) in [6.07, 6.45) is 1.57. The molecule has 6 heavy (non-hydrogen) atoms. The summed E-state index contributed by atoms with van der Waals surface area (Å²) in [5.41, 5.74) is 0. The SMILES string of the molecule is CC(O)/C=C/O. The largest absolute Gasteiger partial charge is 0.516 e. The summed E-state index contributed by atoms with van der Waals surface area (Å²) < 4.78 is 0. The minimum absolute atomic E-state index is 0.532. The Morgan fingerprint density at radius 3 is 2.17 bits per heavy atom. The second-order valence-corrected chi connectivity index (χ2v) is 1.08. The first-order valence-corrected chi connectivity index (χ1v) is 1.76. The summed E-state index contributed by atoms with van der Waals surface area (Å²) in [6.45, 7) is 1.56. The van der Waals surface area contributed by atoms with Crippen LogP contribution in [0.5, 0.6) is 0 Å². The van der Waals surface area contributed by atoms with Gasteiger partial charge in [-0.25, -0.2) is 0 Å². The van der Waals surface area contributed by atoms with Crippen molar-refractivity contribution in [1.82, 2.24) is 0 Å². The first-order chi connectivity index (χ1) is 2.77. The molecule has 1 atom stereocenters. The first kappa shape index (κ1) is 5.50. The van der Waals surface area contributed by atoms with Gasteiger partial charge in [0, 0.05) is 0 Å². The lowest BCUT2D eigenvalue weighted by atomic mass is 10.4. The van der Waals surface area contributed by atoms with E-state index in [1.807, 2.05) is 0 Å². The third-order valence-electron chi connectivity index (χ3n) is 0.365. The molecule has 0 aromatic heterocycles. The number of hydrogen-bond donors (Lipinski definition) is 2. The predicted molar refractivity (Wildman–Crippen MR) is 23.4 cm³/mol. The molecule has 0 spiro atoms. The van der Waals surface area contributed by atoms with Crippen molar-refractivity contribution in [3.05, 3.63) is 12.3 Å². The van der Waals surface area contributed by atoms with Crippen molar-refractivity contribution < 1.29 is 10.2 Å². The van der Waals surface area contributed by atoms with Crippen molar-refractivity contribution in [2.75, 3.05) is 0 Å². The van der Waals surface area contributed by atoms with Crippen molar-refractivity contribution >= 4 is 0 Å². The highest BCUT2D eigenvalue weighted by molar-refractivity contribution is 4.76. The number of aliphatic hydroxyl groups is 2. The van der Waals surface area contributed by atoms with Gasteiger partial charge in [-0.3, -0.25) is 0 Å². The summed E-state index contributed by atoms with van der Waals surface area (Å²) in [5.74, 6) is 0. The highest BCUT2D eigenvalue weighted by Gasteiger charge is 1.79. The number of rotatable bonds is 1. The van der Waals surface area contributed by atoms with Crippen LogP contribution < -0.4 is 0 Å². The van der Waals surface area contributed by atoms with Crippen LogP contribution in [-0.4, -0.2) is 16.3 Å². The quantitative estimate of drug-likeness (QED) is 0.456. The molecule has 0 saturated heterocycles. The van der Waals surface area contributed by atoms with E-state index in [9.17, 15) is 0 Å². The van der Waals surface area contributed by atoms with Crippen LogP contribution in [-0.2, 0) is 0 Å². The molecule has 0 aliphatic rings. The predicted octanol–water partition coefficient (Wildman–Crippen LogP) is 0.439. The summed E-state index contributed by atoms with van der Waals surface area (Å²) in [4.78, 5) is 0. The zero-order chi connectivity index (χ0) is 4.99. The Morgan fingerprint density at radius 2 is 2.17 bits per heavy atom. The molecule has 36 valence electrons. The Kier molecular flexibility index (Phi) is 2.50. The van der Waals surface area contributed by atoms with Gasteiger partial charge in [0.1, 0.15) is 0 Å². The summed E-state index contributed by atoms with van der Waals surface area (Å²) >= 11 is 0. The van der Waals surface area contributed by atoms with Crippen molar-refractivity contribution in [1.29, 1.82) is 0 Å². The van der Waals surface area contributed by atoms with E-state index in [4.69, 9.17) is 10.2 Å². The first-order valence-electron chi connectivity index (χ1n) is 1.76. The van der Waals surface area contributed by atoms with Crippen molar-refractivity contribution in [3.8, 4) is 0 Å². The zero-order valence-electron chi connectivity index (χ0n) is 3.63. The Labute approximate surface area is 36.7 Å². The smallest absolute Gasteiger partial charge is 0.0777 e. The monoisotopic (exact) mass is 88.1 g/mol. The molecule has 0 saturated carbocycles. The molecule has 0 aliphatic carbocycles. The zero-order valence-corrected chi connectivity index (χ0v) is 3.63. The van der Waals surface area contributed by atoms with Gasteiger partial charge in [0.15, 0.2) is 0 Å². The Bertz CT molecular complexity index is 47.5. The second-order valence-electron chi connectivity index (χ2n) is 1.08. The molecule has 2 nitrogen and oxygen atoms in total. The maximum atomic E-state index is 8.31. The van der Waals surface area contributed by atoms with E-state index in [0.29, 0.717) is 0 Å². The summed E-state index contributed by atoms with van der Waals surface area (Å²) in [7, 11) is 0. The van der Waals surface area contributed by atoms with Crippen LogP contribution in [0.15, 0.2) is 12.3 Å². The molecule has 0 amide bonds. The van der Waals surface area contributed by atoms with Crippen molar-refractivity contribution in [3.63, 3.8) is 0 Å². The van der Waals surface area contributed by atoms with Gasteiger partial charge in [-0.05, 0) is 13.0 Å². The van der Waals surface area contributed by atoms with Gasteiger partial charge in [-0.1, -0.05) is 0 Å². The third-order valence-corrected chi connectivity index (χ3v) is 0.365. The molecule has 0 aromatic rings. The molecule has 0 bridgehead atoms. The van der Waals surface area contributed by atoms with Gasteiger partial charge in [0.2, 0.25) is 0 Å². The molecule has 1 unspecified atom stereocenters. The van der Waals surface area contributed by atoms with E-state index in [1.165, 1.54) is 6.08 Å². The van der Waals surface area contributed by atoms with Crippen LogP contribution >= 0.6 is 0 Å². The van der Waals surface area contributed by atoms with Gasteiger partial charge in [0.05, 0.1) is 12.4 Å². The lowest BCUT2D eigenvalue weighted by Gasteiger charge is -1.86. The van der Waals surface area contributed by atoms with E-state index in [2.05, 4.69) is 0 Å². The van der Waals surface area contributed by atoms with Crippen LogP contribution in [0.3, 0.4) is 0 Å².